The Morgan fingerprint density at radius 2 is 1.74 bits per heavy atom. The number of hydrogen-bond donors (Lipinski definition) is 0. The Labute approximate surface area is 201 Å². The number of amides is 1. The van der Waals surface area contributed by atoms with Crippen LogP contribution < -0.4 is 15.2 Å². The molecule has 2 aromatic carbocycles. The van der Waals surface area contributed by atoms with Crippen LogP contribution in [0.1, 0.15) is 12.2 Å². The van der Waals surface area contributed by atoms with E-state index in [-0.39, 0.29) is 29.4 Å². The Bertz CT molecular complexity index is 1410. The molecule has 1 amide bonds. The van der Waals surface area contributed by atoms with Crippen LogP contribution in [0.4, 0.5) is 10.1 Å². The summed E-state index contributed by atoms with van der Waals surface area (Å²) in [7, 11) is 1.58. The van der Waals surface area contributed by atoms with E-state index in [0.717, 1.165) is 0 Å². The molecule has 1 fully saturated rings. The second kappa shape index (κ2) is 9.57. The first kappa shape index (κ1) is 22.6. The molecule has 9 nitrogen and oxygen atoms in total. The predicted octanol–water partition coefficient (Wildman–Crippen LogP) is 2.31. The molecule has 0 N–H and O–H groups in total. The number of anilines is 1. The number of ether oxygens (including phenoxy) is 1. The highest BCUT2D eigenvalue weighted by Crippen LogP contribution is 2.20. The summed E-state index contributed by atoms with van der Waals surface area (Å²) in [6.07, 6.45) is 4.00. The molecule has 3 heterocycles. The largest absolute Gasteiger partial charge is 0.497 e. The first-order valence-electron chi connectivity index (χ1n) is 11.4. The Morgan fingerprint density at radius 3 is 2.46 bits per heavy atom. The van der Waals surface area contributed by atoms with E-state index >= 15 is 0 Å². The zero-order chi connectivity index (χ0) is 24.4. The molecule has 2 aromatic heterocycles. The summed E-state index contributed by atoms with van der Waals surface area (Å²) in [6, 6.07) is 13.8. The number of hydrogen-bond acceptors (Lipinski definition) is 6. The summed E-state index contributed by atoms with van der Waals surface area (Å²) in [5.41, 5.74) is 1.15. The number of carbonyl (C=O) groups is 1. The van der Waals surface area contributed by atoms with Crippen LogP contribution >= 0.6 is 0 Å². The van der Waals surface area contributed by atoms with Crippen LogP contribution in [0.5, 0.6) is 5.75 Å². The maximum absolute atomic E-state index is 14.0. The number of para-hydroxylation sites is 1. The summed E-state index contributed by atoms with van der Waals surface area (Å²) >= 11 is 0. The van der Waals surface area contributed by atoms with Crippen molar-refractivity contribution in [3.05, 3.63) is 82.9 Å². The quantitative estimate of drug-likeness (QED) is 0.425. The second-order valence-electron chi connectivity index (χ2n) is 8.30. The lowest BCUT2D eigenvalue weighted by atomic mass is 10.2. The summed E-state index contributed by atoms with van der Waals surface area (Å²) < 4.78 is 22.3. The van der Waals surface area contributed by atoms with Gasteiger partial charge in [0.2, 0.25) is 11.6 Å². The van der Waals surface area contributed by atoms with Crippen molar-refractivity contribution in [2.24, 2.45) is 0 Å². The minimum Gasteiger partial charge on any atom is -0.497 e. The van der Waals surface area contributed by atoms with Gasteiger partial charge in [-0.3, -0.25) is 18.6 Å². The first-order valence-corrected chi connectivity index (χ1v) is 11.4. The fourth-order valence-corrected chi connectivity index (χ4v) is 4.33. The highest BCUT2D eigenvalue weighted by Gasteiger charge is 2.23. The van der Waals surface area contributed by atoms with Crippen molar-refractivity contribution in [3.8, 4) is 11.4 Å². The van der Waals surface area contributed by atoms with E-state index in [1.54, 1.807) is 65.2 Å². The lowest BCUT2D eigenvalue weighted by molar-refractivity contribution is -0.131. The molecule has 0 atom stereocenters. The zero-order valence-corrected chi connectivity index (χ0v) is 19.3. The summed E-state index contributed by atoms with van der Waals surface area (Å²) in [5, 5.41) is 8.22. The van der Waals surface area contributed by atoms with E-state index in [4.69, 9.17) is 4.74 Å². The van der Waals surface area contributed by atoms with Gasteiger partial charge in [0.05, 0.1) is 12.8 Å². The normalized spacial score (nSPS) is 13.9. The van der Waals surface area contributed by atoms with E-state index < -0.39 is 0 Å². The third-order valence-electron chi connectivity index (χ3n) is 6.28. The van der Waals surface area contributed by atoms with E-state index in [1.807, 2.05) is 11.0 Å². The van der Waals surface area contributed by atoms with Crippen molar-refractivity contribution in [2.45, 2.75) is 12.8 Å². The molecule has 0 aliphatic carbocycles. The number of piperazine rings is 1. The average Bonchev–Trinajstić information content (AvgIpc) is 3.32. The summed E-state index contributed by atoms with van der Waals surface area (Å²) in [4.78, 5) is 29.5. The number of halogens is 1. The van der Waals surface area contributed by atoms with Crippen LogP contribution in [0.25, 0.3) is 11.3 Å². The maximum Gasteiger partial charge on any atom is 0.300 e. The summed E-state index contributed by atoms with van der Waals surface area (Å²) in [5.74, 6) is 1.00. The van der Waals surface area contributed by atoms with Crippen molar-refractivity contribution >= 4 is 17.2 Å². The van der Waals surface area contributed by atoms with Crippen LogP contribution in [-0.4, -0.2) is 63.3 Å². The van der Waals surface area contributed by atoms with Crippen molar-refractivity contribution in [1.82, 2.24) is 24.1 Å². The molecule has 0 radical (unpaired) electrons. The molecular weight excluding hydrogens is 451 g/mol. The number of fused-ring (bicyclic) bond motifs is 1. The van der Waals surface area contributed by atoms with Gasteiger partial charge in [0.1, 0.15) is 17.4 Å². The highest BCUT2D eigenvalue weighted by molar-refractivity contribution is 5.76. The standard InChI is InChI=1S/C25H25FN6O3/c1-35-19-8-6-18(7-9-19)31-16-17-32-22(27-28-24(32)25(31)34)10-11-23(33)30-14-12-29(13-15-30)21-5-3-2-4-20(21)26/h2-9,16-17H,10-15H2,1H3. The number of methoxy groups -OCH3 is 1. The van der Waals surface area contributed by atoms with Crippen molar-refractivity contribution in [2.75, 3.05) is 38.2 Å². The number of rotatable bonds is 6. The molecule has 180 valence electrons. The van der Waals surface area contributed by atoms with Crippen molar-refractivity contribution in [3.63, 3.8) is 0 Å². The molecular formula is C25H25FN6O3. The van der Waals surface area contributed by atoms with Gasteiger partial charge in [0, 0.05) is 57.1 Å². The Morgan fingerprint density at radius 1 is 1.00 bits per heavy atom. The molecule has 1 aliphatic rings. The molecule has 0 bridgehead atoms. The number of aromatic nitrogens is 4. The van der Waals surface area contributed by atoms with Crippen LogP contribution in [0.15, 0.2) is 65.7 Å². The van der Waals surface area contributed by atoms with Gasteiger partial charge in [-0.2, -0.15) is 0 Å². The number of nitrogens with zero attached hydrogens (tertiary/aromatic N) is 6. The molecule has 0 unspecified atom stereocenters. The third-order valence-corrected chi connectivity index (χ3v) is 6.28. The average molecular weight is 477 g/mol. The topological polar surface area (TPSA) is 85.0 Å². The Hall–Kier alpha value is -4.21. The van der Waals surface area contributed by atoms with Crippen molar-refractivity contribution in [1.29, 1.82) is 0 Å². The van der Waals surface area contributed by atoms with E-state index in [9.17, 15) is 14.0 Å². The van der Waals surface area contributed by atoms with Crippen molar-refractivity contribution < 1.29 is 13.9 Å². The van der Waals surface area contributed by atoms with Crippen LogP contribution in [0.3, 0.4) is 0 Å². The van der Waals surface area contributed by atoms with Gasteiger partial charge in [-0.25, -0.2) is 4.39 Å². The third kappa shape index (κ3) is 4.46. The van der Waals surface area contributed by atoms with Crippen LogP contribution in [0, 0.1) is 5.82 Å². The van der Waals surface area contributed by atoms with E-state index in [0.29, 0.717) is 55.5 Å². The van der Waals surface area contributed by atoms with E-state index in [1.165, 1.54) is 10.6 Å². The highest BCUT2D eigenvalue weighted by atomic mass is 19.1. The van der Waals surface area contributed by atoms with Gasteiger partial charge < -0.3 is 14.5 Å². The lowest BCUT2D eigenvalue weighted by Crippen LogP contribution is -2.49. The number of benzene rings is 2. The molecule has 0 saturated carbocycles. The van der Waals surface area contributed by atoms with Gasteiger partial charge in [-0.1, -0.05) is 12.1 Å². The van der Waals surface area contributed by atoms with Crippen LogP contribution in [0.2, 0.25) is 0 Å². The maximum atomic E-state index is 14.0. The summed E-state index contributed by atoms with van der Waals surface area (Å²) in [6.45, 7) is 2.21. The van der Waals surface area contributed by atoms with Gasteiger partial charge in [0.15, 0.2) is 0 Å². The number of carbonyl (C=O) groups excluding carboxylic acids is 1. The second-order valence-corrected chi connectivity index (χ2v) is 8.30. The molecule has 4 aromatic rings. The predicted molar refractivity (Wildman–Crippen MR) is 129 cm³/mol. The van der Waals surface area contributed by atoms with Gasteiger partial charge in [-0.05, 0) is 36.4 Å². The van der Waals surface area contributed by atoms with Crippen LogP contribution in [-0.2, 0) is 11.2 Å². The first-order chi connectivity index (χ1) is 17.0. The molecule has 10 heteroatoms. The molecule has 5 rings (SSSR count). The molecule has 1 aliphatic heterocycles. The minimum absolute atomic E-state index is 0.00140. The fourth-order valence-electron chi connectivity index (χ4n) is 4.33. The Kier molecular flexibility index (Phi) is 6.17. The molecule has 0 spiro atoms. The molecule has 35 heavy (non-hydrogen) atoms. The van der Waals surface area contributed by atoms with Gasteiger partial charge >= 0.3 is 5.56 Å². The Balaban J connectivity index is 1.23. The zero-order valence-electron chi connectivity index (χ0n) is 19.3. The smallest absolute Gasteiger partial charge is 0.300 e. The molecule has 1 saturated heterocycles. The number of aryl methyl sites for hydroxylation is 1. The van der Waals surface area contributed by atoms with Gasteiger partial charge in [0.25, 0.3) is 0 Å². The SMILES string of the molecule is COc1ccc(-n2ccn3c(CCC(=O)N4CCN(c5ccccc5F)CC4)nnc3c2=O)cc1. The van der Waals surface area contributed by atoms with E-state index in [2.05, 4.69) is 10.2 Å². The lowest BCUT2D eigenvalue weighted by Gasteiger charge is -2.36. The monoisotopic (exact) mass is 476 g/mol. The fraction of sp³-hybridized carbons (Fsp3) is 0.280. The minimum atomic E-state index is -0.299. The van der Waals surface area contributed by atoms with Gasteiger partial charge in [-0.15, -0.1) is 10.2 Å².